The largest absolute Gasteiger partial charge is 0.352 e. The highest BCUT2D eigenvalue weighted by atomic mass is 16.2. The van der Waals surface area contributed by atoms with Crippen LogP contribution in [0.15, 0.2) is 18.5 Å². The summed E-state index contributed by atoms with van der Waals surface area (Å²) < 4.78 is 1.88. The number of rotatable bonds is 4. The summed E-state index contributed by atoms with van der Waals surface area (Å²) in [6.45, 7) is 0.924. The van der Waals surface area contributed by atoms with Gasteiger partial charge in [-0.1, -0.05) is 12.8 Å². The Kier molecular flexibility index (Phi) is 3.62. The summed E-state index contributed by atoms with van der Waals surface area (Å²) >= 11 is 0. The third-order valence-corrected chi connectivity index (χ3v) is 3.09. The van der Waals surface area contributed by atoms with Crippen molar-refractivity contribution in [3.05, 3.63) is 24.0 Å². The monoisotopic (exact) mass is 221 g/mol. The van der Waals surface area contributed by atoms with Crippen LogP contribution in [0.3, 0.4) is 0 Å². The molecule has 88 valence electrons. The van der Waals surface area contributed by atoms with Crippen LogP contribution in [0.25, 0.3) is 0 Å². The van der Waals surface area contributed by atoms with Gasteiger partial charge in [0.05, 0.1) is 0 Å². The van der Waals surface area contributed by atoms with E-state index in [0.29, 0.717) is 19.1 Å². The molecular weight excluding hydrogens is 202 g/mol. The van der Waals surface area contributed by atoms with Crippen LogP contribution in [0.2, 0.25) is 0 Å². The smallest absolute Gasteiger partial charge is 0.240 e. The topological polar surface area (TPSA) is 60.0 Å². The Labute approximate surface area is 95.8 Å². The van der Waals surface area contributed by atoms with E-state index in [4.69, 9.17) is 5.73 Å². The van der Waals surface area contributed by atoms with Crippen molar-refractivity contribution in [2.45, 2.75) is 44.8 Å². The number of amides is 1. The van der Waals surface area contributed by atoms with Crippen LogP contribution in [0.1, 0.15) is 31.2 Å². The van der Waals surface area contributed by atoms with Gasteiger partial charge in [-0.3, -0.25) is 4.79 Å². The van der Waals surface area contributed by atoms with Crippen LogP contribution in [-0.2, 0) is 17.9 Å². The van der Waals surface area contributed by atoms with Crippen molar-refractivity contribution in [3.8, 4) is 0 Å². The Hall–Kier alpha value is -1.29. The molecule has 1 aliphatic rings. The summed E-state index contributed by atoms with van der Waals surface area (Å²) in [5, 5.41) is 3.06. The Bertz CT molecular complexity index is 353. The molecule has 0 aromatic carbocycles. The molecular formula is C12H19N3O. The van der Waals surface area contributed by atoms with Crippen LogP contribution in [0.5, 0.6) is 0 Å². The average Bonchev–Trinajstić information content (AvgIpc) is 2.89. The van der Waals surface area contributed by atoms with Crippen molar-refractivity contribution in [1.29, 1.82) is 0 Å². The van der Waals surface area contributed by atoms with Gasteiger partial charge in [0.25, 0.3) is 0 Å². The molecule has 1 aromatic rings. The van der Waals surface area contributed by atoms with Gasteiger partial charge in [0, 0.05) is 25.0 Å². The van der Waals surface area contributed by atoms with Gasteiger partial charge in [-0.2, -0.15) is 0 Å². The van der Waals surface area contributed by atoms with E-state index in [1.165, 1.54) is 12.8 Å². The van der Waals surface area contributed by atoms with Gasteiger partial charge in [-0.25, -0.2) is 0 Å². The first-order valence-electron chi connectivity index (χ1n) is 5.92. The van der Waals surface area contributed by atoms with E-state index in [9.17, 15) is 4.79 Å². The molecule has 0 radical (unpaired) electrons. The summed E-state index contributed by atoms with van der Waals surface area (Å²) in [6, 6.07) is 2.35. The molecule has 1 saturated carbocycles. The maximum atomic E-state index is 11.7. The van der Waals surface area contributed by atoms with E-state index in [1.807, 2.05) is 23.0 Å². The van der Waals surface area contributed by atoms with E-state index in [-0.39, 0.29) is 5.91 Å². The molecule has 0 aliphatic heterocycles. The lowest BCUT2D eigenvalue weighted by Gasteiger charge is -2.12. The Balaban J connectivity index is 1.81. The lowest BCUT2D eigenvalue weighted by molar-refractivity contribution is -0.122. The number of nitrogens with one attached hydrogen (secondary N) is 1. The van der Waals surface area contributed by atoms with Crippen molar-refractivity contribution in [1.82, 2.24) is 9.88 Å². The lowest BCUT2D eigenvalue weighted by Crippen LogP contribution is -2.34. The fraction of sp³-hybridized carbons (Fsp3) is 0.583. The number of hydrogen-bond acceptors (Lipinski definition) is 2. The minimum absolute atomic E-state index is 0.103. The molecule has 0 unspecified atom stereocenters. The molecule has 16 heavy (non-hydrogen) atoms. The first-order chi connectivity index (χ1) is 7.78. The molecule has 0 bridgehead atoms. The van der Waals surface area contributed by atoms with Crippen molar-refractivity contribution in [2.24, 2.45) is 5.73 Å². The zero-order valence-electron chi connectivity index (χ0n) is 9.48. The minimum Gasteiger partial charge on any atom is -0.352 e. The van der Waals surface area contributed by atoms with E-state index >= 15 is 0 Å². The maximum absolute atomic E-state index is 11.7. The van der Waals surface area contributed by atoms with Crippen LogP contribution >= 0.6 is 0 Å². The van der Waals surface area contributed by atoms with Gasteiger partial charge in [0.15, 0.2) is 0 Å². The number of carbonyl (C=O) groups is 1. The van der Waals surface area contributed by atoms with Crippen LogP contribution < -0.4 is 11.1 Å². The van der Waals surface area contributed by atoms with Crippen LogP contribution in [0, 0.1) is 0 Å². The highest BCUT2D eigenvalue weighted by Crippen LogP contribution is 2.17. The molecule has 4 nitrogen and oxygen atoms in total. The molecule has 0 spiro atoms. The first kappa shape index (κ1) is 11.2. The zero-order valence-corrected chi connectivity index (χ0v) is 9.48. The van der Waals surface area contributed by atoms with E-state index in [1.54, 1.807) is 0 Å². The Morgan fingerprint density at radius 1 is 1.50 bits per heavy atom. The normalized spacial score (nSPS) is 16.6. The van der Waals surface area contributed by atoms with Gasteiger partial charge in [0.2, 0.25) is 5.91 Å². The summed E-state index contributed by atoms with van der Waals surface area (Å²) in [4.78, 5) is 11.7. The predicted molar refractivity (Wildman–Crippen MR) is 62.7 cm³/mol. The lowest BCUT2D eigenvalue weighted by atomic mass is 10.2. The highest BCUT2D eigenvalue weighted by Gasteiger charge is 2.16. The van der Waals surface area contributed by atoms with Crippen molar-refractivity contribution < 1.29 is 4.79 Å². The predicted octanol–water partition coefficient (Wildman–Crippen LogP) is 1.01. The number of nitrogens with zero attached hydrogens (tertiary/aromatic N) is 1. The first-order valence-corrected chi connectivity index (χ1v) is 5.92. The number of hydrogen-bond donors (Lipinski definition) is 2. The molecule has 1 aliphatic carbocycles. The third kappa shape index (κ3) is 2.85. The number of aromatic nitrogens is 1. The maximum Gasteiger partial charge on any atom is 0.240 e. The fourth-order valence-electron chi connectivity index (χ4n) is 2.22. The Morgan fingerprint density at radius 3 is 2.88 bits per heavy atom. The third-order valence-electron chi connectivity index (χ3n) is 3.09. The Morgan fingerprint density at radius 2 is 2.25 bits per heavy atom. The summed E-state index contributed by atoms with van der Waals surface area (Å²) in [5.41, 5.74) is 6.58. The molecule has 1 fully saturated rings. The number of carbonyl (C=O) groups excluding carboxylic acids is 1. The minimum atomic E-state index is 0.103. The van der Waals surface area contributed by atoms with E-state index in [0.717, 1.165) is 18.4 Å². The quantitative estimate of drug-likeness (QED) is 0.797. The van der Waals surface area contributed by atoms with Gasteiger partial charge >= 0.3 is 0 Å². The molecule has 1 aromatic heterocycles. The van der Waals surface area contributed by atoms with Gasteiger partial charge < -0.3 is 15.6 Å². The van der Waals surface area contributed by atoms with Crippen LogP contribution in [-0.4, -0.2) is 16.5 Å². The molecule has 4 heteroatoms. The molecule has 0 saturated heterocycles. The summed E-state index contributed by atoms with van der Waals surface area (Å²) in [6.07, 6.45) is 8.57. The highest BCUT2D eigenvalue weighted by molar-refractivity contribution is 5.76. The molecule has 2 rings (SSSR count). The summed E-state index contributed by atoms with van der Waals surface area (Å²) in [7, 11) is 0. The van der Waals surface area contributed by atoms with Crippen molar-refractivity contribution in [2.75, 3.05) is 0 Å². The van der Waals surface area contributed by atoms with Crippen molar-refractivity contribution in [3.63, 3.8) is 0 Å². The average molecular weight is 221 g/mol. The zero-order chi connectivity index (χ0) is 11.4. The van der Waals surface area contributed by atoms with E-state index < -0.39 is 0 Å². The second-order valence-corrected chi connectivity index (χ2v) is 4.45. The molecule has 3 N–H and O–H groups in total. The fourth-order valence-corrected chi connectivity index (χ4v) is 2.22. The number of nitrogens with two attached hydrogens (primary N) is 1. The van der Waals surface area contributed by atoms with Crippen molar-refractivity contribution >= 4 is 5.91 Å². The molecule has 1 heterocycles. The van der Waals surface area contributed by atoms with Gasteiger partial charge in [0.1, 0.15) is 6.54 Å². The van der Waals surface area contributed by atoms with E-state index in [2.05, 4.69) is 5.32 Å². The van der Waals surface area contributed by atoms with Gasteiger partial charge in [-0.05, 0) is 24.5 Å². The second kappa shape index (κ2) is 5.16. The SMILES string of the molecule is NCc1ccn(CC(=O)NC2CCCC2)c1. The standard InChI is InChI=1S/C12H19N3O/c13-7-10-5-6-15(8-10)9-12(16)14-11-3-1-2-4-11/h5-6,8,11H,1-4,7,9,13H2,(H,14,16). The van der Waals surface area contributed by atoms with Gasteiger partial charge in [-0.15, -0.1) is 0 Å². The summed E-state index contributed by atoms with van der Waals surface area (Å²) in [5.74, 6) is 0.103. The molecule has 1 amide bonds. The second-order valence-electron chi connectivity index (χ2n) is 4.45. The van der Waals surface area contributed by atoms with Crippen LogP contribution in [0.4, 0.5) is 0 Å². The molecule has 0 atom stereocenters.